The molecule has 0 aliphatic heterocycles. The molecule has 1 aromatic carbocycles. The van der Waals surface area contributed by atoms with Gasteiger partial charge in [0.1, 0.15) is 11.9 Å². The normalized spacial score (nSPS) is 14.9. The summed E-state index contributed by atoms with van der Waals surface area (Å²) in [5.74, 6) is 0.717. The van der Waals surface area contributed by atoms with Crippen LogP contribution in [-0.4, -0.2) is 24.4 Å². The molecule has 0 radical (unpaired) electrons. The number of ether oxygens (including phenoxy) is 2. The highest BCUT2D eigenvalue weighted by Gasteiger charge is 2.19. The molecule has 0 heterocycles. The minimum atomic E-state index is -0.667. The zero-order chi connectivity index (χ0) is 12.1. The summed E-state index contributed by atoms with van der Waals surface area (Å²) in [5.41, 5.74) is 0.769. The van der Waals surface area contributed by atoms with Gasteiger partial charge in [-0.3, -0.25) is 0 Å². The fourth-order valence-electron chi connectivity index (χ4n) is 1.47. The number of aliphatic hydroxyl groups is 1. The molecular weight excluding hydrogens is 204 g/mol. The molecule has 3 nitrogen and oxygen atoms in total. The van der Waals surface area contributed by atoms with E-state index < -0.39 is 6.10 Å². The lowest BCUT2D eigenvalue weighted by Crippen LogP contribution is -2.18. The van der Waals surface area contributed by atoms with E-state index in [0.717, 1.165) is 5.56 Å². The average Bonchev–Trinajstić information content (AvgIpc) is 2.27. The molecule has 0 amide bonds. The largest absolute Gasteiger partial charge is 0.491 e. The van der Waals surface area contributed by atoms with Gasteiger partial charge in [-0.2, -0.15) is 0 Å². The lowest BCUT2D eigenvalue weighted by molar-refractivity contribution is -0.00312. The number of methoxy groups -OCH3 is 1. The van der Waals surface area contributed by atoms with Crippen LogP contribution in [0.4, 0.5) is 0 Å². The highest BCUT2D eigenvalue weighted by molar-refractivity contribution is 5.35. The van der Waals surface area contributed by atoms with Crippen molar-refractivity contribution < 1.29 is 14.6 Å². The van der Waals surface area contributed by atoms with Gasteiger partial charge < -0.3 is 14.6 Å². The van der Waals surface area contributed by atoms with E-state index in [0.29, 0.717) is 5.75 Å². The summed E-state index contributed by atoms with van der Waals surface area (Å²) in [6.45, 7) is 5.75. The highest BCUT2D eigenvalue weighted by atomic mass is 16.5. The Kier molecular flexibility index (Phi) is 4.77. The first kappa shape index (κ1) is 13.0. The maximum absolute atomic E-state index is 10.1. The maximum atomic E-state index is 10.1. The van der Waals surface area contributed by atoms with Crippen molar-refractivity contribution in [1.82, 2.24) is 0 Å². The summed E-state index contributed by atoms with van der Waals surface area (Å²) in [7, 11) is 1.58. The van der Waals surface area contributed by atoms with E-state index in [4.69, 9.17) is 9.47 Å². The summed E-state index contributed by atoms with van der Waals surface area (Å²) < 4.78 is 10.8. The number of rotatable bonds is 5. The molecule has 0 fully saturated rings. The third-order valence-electron chi connectivity index (χ3n) is 2.42. The summed E-state index contributed by atoms with van der Waals surface area (Å²) in [6.07, 6.45) is -0.830. The second kappa shape index (κ2) is 5.87. The van der Waals surface area contributed by atoms with Crippen molar-refractivity contribution in [3.05, 3.63) is 29.8 Å². The molecule has 90 valence electrons. The minimum absolute atomic E-state index is 0.0891. The van der Waals surface area contributed by atoms with E-state index in [1.807, 2.05) is 45.0 Å². The third-order valence-corrected chi connectivity index (χ3v) is 2.42. The Morgan fingerprint density at radius 1 is 1.12 bits per heavy atom. The smallest absolute Gasteiger partial charge is 0.125 e. The minimum Gasteiger partial charge on any atom is -0.491 e. The van der Waals surface area contributed by atoms with Crippen molar-refractivity contribution in [2.24, 2.45) is 0 Å². The predicted molar refractivity (Wildman–Crippen MR) is 63.6 cm³/mol. The SMILES string of the molecule is COC(C)C(O)c1ccccc1OC(C)C. The van der Waals surface area contributed by atoms with Crippen LogP contribution in [0, 0.1) is 0 Å². The van der Waals surface area contributed by atoms with Gasteiger partial charge in [-0.1, -0.05) is 18.2 Å². The molecule has 0 bridgehead atoms. The molecule has 0 aliphatic carbocycles. The molecule has 0 aromatic heterocycles. The van der Waals surface area contributed by atoms with Crippen LogP contribution in [0.2, 0.25) is 0 Å². The second-order valence-electron chi connectivity index (χ2n) is 4.09. The number of para-hydroxylation sites is 1. The fraction of sp³-hybridized carbons (Fsp3) is 0.538. The Labute approximate surface area is 97.0 Å². The Hall–Kier alpha value is -1.06. The molecule has 2 atom stereocenters. The van der Waals surface area contributed by atoms with Crippen LogP contribution in [0.25, 0.3) is 0 Å². The van der Waals surface area contributed by atoms with Gasteiger partial charge in [0.15, 0.2) is 0 Å². The number of hydrogen-bond acceptors (Lipinski definition) is 3. The highest BCUT2D eigenvalue weighted by Crippen LogP contribution is 2.28. The van der Waals surface area contributed by atoms with Gasteiger partial charge in [-0.15, -0.1) is 0 Å². The number of benzene rings is 1. The summed E-state index contributed by atoms with van der Waals surface area (Å²) in [5, 5.41) is 10.1. The van der Waals surface area contributed by atoms with E-state index in [1.54, 1.807) is 7.11 Å². The van der Waals surface area contributed by atoms with E-state index in [9.17, 15) is 5.11 Å². The molecular formula is C13H20O3. The molecule has 3 heteroatoms. The molecule has 1 rings (SSSR count). The van der Waals surface area contributed by atoms with Gasteiger partial charge in [-0.25, -0.2) is 0 Å². The molecule has 0 saturated carbocycles. The molecule has 1 aromatic rings. The molecule has 2 unspecified atom stereocenters. The van der Waals surface area contributed by atoms with Crippen molar-refractivity contribution in [2.75, 3.05) is 7.11 Å². The van der Waals surface area contributed by atoms with Crippen LogP contribution in [0.1, 0.15) is 32.4 Å². The summed E-state index contributed by atoms with van der Waals surface area (Å²) >= 11 is 0. The molecule has 0 saturated heterocycles. The van der Waals surface area contributed by atoms with Crippen molar-refractivity contribution in [3.63, 3.8) is 0 Å². The van der Waals surface area contributed by atoms with Gasteiger partial charge >= 0.3 is 0 Å². The fourth-order valence-corrected chi connectivity index (χ4v) is 1.47. The lowest BCUT2D eigenvalue weighted by Gasteiger charge is -2.21. The first-order chi connectivity index (χ1) is 7.56. The number of aliphatic hydroxyl groups excluding tert-OH is 1. The Balaban J connectivity index is 2.93. The molecule has 0 spiro atoms. The van der Waals surface area contributed by atoms with Gasteiger partial charge in [0.25, 0.3) is 0 Å². The average molecular weight is 224 g/mol. The standard InChI is InChI=1S/C13H20O3/c1-9(2)16-12-8-6-5-7-11(12)13(14)10(3)15-4/h5-10,13-14H,1-4H3. The van der Waals surface area contributed by atoms with Gasteiger partial charge in [0.05, 0.1) is 12.2 Å². The Bertz CT molecular complexity index is 323. The number of hydrogen-bond donors (Lipinski definition) is 1. The topological polar surface area (TPSA) is 38.7 Å². The van der Waals surface area contributed by atoms with E-state index in [2.05, 4.69) is 0 Å². The summed E-state index contributed by atoms with van der Waals surface area (Å²) in [6, 6.07) is 7.50. The Morgan fingerprint density at radius 2 is 1.75 bits per heavy atom. The zero-order valence-corrected chi connectivity index (χ0v) is 10.3. The van der Waals surface area contributed by atoms with Crippen LogP contribution in [0.5, 0.6) is 5.75 Å². The Morgan fingerprint density at radius 3 is 2.31 bits per heavy atom. The van der Waals surface area contributed by atoms with E-state index >= 15 is 0 Å². The summed E-state index contributed by atoms with van der Waals surface area (Å²) in [4.78, 5) is 0. The first-order valence-corrected chi connectivity index (χ1v) is 5.52. The van der Waals surface area contributed by atoms with E-state index in [1.165, 1.54) is 0 Å². The van der Waals surface area contributed by atoms with Crippen LogP contribution >= 0.6 is 0 Å². The van der Waals surface area contributed by atoms with Crippen LogP contribution in [0.3, 0.4) is 0 Å². The van der Waals surface area contributed by atoms with Gasteiger partial charge in [0, 0.05) is 12.7 Å². The second-order valence-corrected chi connectivity index (χ2v) is 4.09. The predicted octanol–water partition coefficient (Wildman–Crippen LogP) is 2.54. The quantitative estimate of drug-likeness (QED) is 0.835. The van der Waals surface area contributed by atoms with Crippen molar-refractivity contribution in [2.45, 2.75) is 39.1 Å². The molecule has 1 N–H and O–H groups in total. The zero-order valence-electron chi connectivity index (χ0n) is 10.3. The van der Waals surface area contributed by atoms with Crippen molar-refractivity contribution >= 4 is 0 Å². The molecule has 0 aliphatic rings. The molecule has 16 heavy (non-hydrogen) atoms. The van der Waals surface area contributed by atoms with Crippen molar-refractivity contribution in [1.29, 1.82) is 0 Å². The van der Waals surface area contributed by atoms with Gasteiger partial charge in [0.2, 0.25) is 0 Å². The lowest BCUT2D eigenvalue weighted by atomic mass is 10.0. The monoisotopic (exact) mass is 224 g/mol. The van der Waals surface area contributed by atoms with Crippen LogP contribution < -0.4 is 4.74 Å². The van der Waals surface area contributed by atoms with E-state index in [-0.39, 0.29) is 12.2 Å². The third kappa shape index (κ3) is 3.22. The van der Waals surface area contributed by atoms with Gasteiger partial charge in [-0.05, 0) is 26.8 Å². The van der Waals surface area contributed by atoms with Crippen LogP contribution in [-0.2, 0) is 4.74 Å². The van der Waals surface area contributed by atoms with Crippen molar-refractivity contribution in [3.8, 4) is 5.75 Å². The maximum Gasteiger partial charge on any atom is 0.125 e. The van der Waals surface area contributed by atoms with Crippen LogP contribution in [0.15, 0.2) is 24.3 Å². The first-order valence-electron chi connectivity index (χ1n) is 5.52.